The Morgan fingerprint density at radius 1 is 1.23 bits per heavy atom. The van der Waals surface area contributed by atoms with Gasteiger partial charge in [0.15, 0.2) is 0 Å². The quantitative estimate of drug-likeness (QED) is 0.639. The van der Waals surface area contributed by atoms with Crippen molar-refractivity contribution in [1.29, 1.82) is 0 Å². The second-order valence-corrected chi connectivity index (χ2v) is 3.94. The SMILES string of the molecule is Cl.O=S(=O)(O)c1ccc(CCl)cc1. The van der Waals surface area contributed by atoms with E-state index in [2.05, 4.69) is 0 Å². The number of alkyl halides is 1. The molecule has 3 nitrogen and oxygen atoms in total. The highest BCUT2D eigenvalue weighted by Gasteiger charge is 2.07. The maximum Gasteiger partial charge on any atom is 0.294 e. The van der Waals surface area contributed by atoms with Gasteiger partial charge in [0.25, 0.3) is 10.1 Å². The van der Waals surface area contributed by atoms with Crippen molar-refractivity contribution in [2.75, 3.05) is 0 Å². The molecule has 0 saturated carbocycles. The third kappa shape index (κ3) is 3.52. The summed E-state index contributed by atoms with van der Waals surface area (Å²) in [5.74, 6) is 0.325. The average Bonchev–Trinajstić information content (AvgIpc) is 2.03. The summed E-state index contributed by atoms with van der Waals surface area (Å²) < 4.78 is 29.7. The van der Waals surface area contributed by atoms with Gasteiger partial charge in [-0.3, -0.25) is 4.55 Å². The standard InChI is InChI=1S/C7H7ClO3S.ClH/c8-5-6-1-3-7(4-2-6)12(9,10)11;/h1-4H,5H2,(H,9,10,11);1H. The summed E-state index contributed by atoms with van der Waals surface area (Å²) in [6.45, 7) is 0. The van der Waals surface area contributed by atoms with Crippen molar-refractivity contribution in [3.8, 4) is 0 Å². The molecule has 1 aromatic rings. The molecule has 1 rings (SSSR count). The maximum absolute atomic E-state index is 10.6. The van der Waals surface area contributed by atoms with E-state index in [9.17, 15) is 8.42 Å². The first kappa shape index (κ1) is 12.7. The van der Waals surface area contributed by atoms with Crippen molar-refractivity contribution >= 4 is 34.1 Å². The highest BCUT2D eigenvalue weighted by Crippen LogP contribution is 2.11. The lowest BCUT2D eigenvalue weighted by Gasteiger charge is -1.97. The van der Waals surface area contributed by atoms with Crippen molar-refractivity contribution < 1.29 is 13.0 Å². The zero-order valence-corrected chi connectivity index (χ0v) is 8.86. The monoisotopic (exact) mass is 242 g/mol. The second-order valence-electron chi connectivity index (χ2n) is 2.25. The summed E-state index contributed by atoms with van der Waals surface area (Å²) >= 11 is 5.48. The Bertz CT molecular complexity index is 358. The molecular formula is C7H8Cl2O3S. The molecule has 0 aliphatic rings. The summed E-state index contributed by atoms with van der Waals surface area (Å²) in [7, 11) is -4.07. The van der Waals surface area contributed by atoms with Crippen molar-refractivity contribution in [3.05, 3.63) is 29.8 Å². The van der Waals surface area contributed by atoms with Gasteiger partial charge in [0, 0.05) is 5.88 Å². The van der Waals surface area contributed by atoms with Gasteiger partial charge in [0.2, 0.25) is 0 Å². The molecule has 1 N–H and O–H groups in total. The number of rotatable bonds is 2. The van der Waals surface area contributed by atoms with E-state index in [0.29, 0.717) is 5.88 Å². The van der Waals surface area contributed by atoms with Crippen molar-refractivity contribution in [3.63, 3.8) is 0 Å². The van der Waals surface area contributed by atoms with Crippen molar-refractivity contribution in [2.45, 2.75) is 10.8 Å². The van der Waals surface area contributed by atoms with E-state index in [1.165, 1.54) is 12.1 Å². The number of hydrogen-bond acceptors (Lipinski definition) is 2. The van der Waals surface area contributed by atoms with Crippen LogP contribution in [0, 0.1) is 0 Å². The number of benzene rings is 1. The van der Waals surface area contributed by atoms with Crippen LogP contribution in [-0.4, -0.2) is 13.0 Å². The van der Waals surface area contributed by atoms with E-state index in [4.69, 9.17) is 16.2 Å². The molecule has 0 amide bonds. The Kier molecular flexibility index (Phi) is 4.70. The van der Waals surface area contributed by atoms with Gasteiger partial charge in [-0.25, -0.2) is 0 Å². The first-order chi connectivity index (χ1) is 5.54. The molecule has 0 fully saturated rings. The van der Waals surface area contributed by atoms with E-state index in [1.54, 1.807) is 12.1 Å². The fraction of sp³-hybridized carbons (Fsp3) is 0.143. The normalized spacial score (nSPS) is 10.6. The fourth-order valence-electron chi connectivity index (χ4n) is 0.751. The van der Waals surface area contributed by atoms with Crippen LogP contribution in [0.5, 0.6) is 0 Å². The topological polar surface area (TPSA) is 54.4 Å². The van der Waals surface area contributed by atoms with Crippen LogP contribution in [0.2, 0.25) is 0 Å². The summed E-state index contributed by atoms with van der Waals surface area (Å²) in [5, 5.41) is 0. The van der Waals surface area contributed by atoms with Crippen LogP contribution in [0.15, 0.2) is 29.2 Å². The van der Waals surface area contributed by atoms with Gasteiger partial charge in [0.05, 0.1) is 4.90 Å². The van der Waals surface area contributed by atoms with E-state index >= 15 is 0 Å². The van der Waals surface area contributed by atoms with Gasteiger partial charge in [-0.15, -0.1) is 24.0 Å². The molecule has 6 heteroatoms. The summed E-state index contributed by atoms with van der Waals surface area (Å²) in [5.41, 5.74) is 0.809. The Labute approximate surface area is 87.9 Å². The minimum atomic E-state index is -4.07. The van der Waals surface area contributed by atoms with Crippen LogP contribution in [0.1, 0.15) is 5.56 Å². The minimum Gasteiger partial charge on any atom is -0.282 e. The van der Waals surface area contributed by atoms with Gasteiger partial charge in [0.1, 0.15) is 0 Å². The molecule has 0 unspecified atom stereocenters. The molecule has 0 radical (unpaired) electrons. The molecular weight excluding hydrogens is 235 g/mol. The number of halogens is 2. The number of hydrogen-bond donors (Lipinski definition) is 1. The Balaban J connectivity index is 0.00000144. The Hall–Kier alpha value is -0.290. The summed E-state index contributed by atoms with van der Waals surface area (Å²) in [4.78, 5) is -0.114. The van der Waals surface area contributed by atoms with E-state index in [1.807, 2.05) is 0 Å². The molecule has 0 aromatic heterocycles. The molecule has 0 aliphatic carbocycles. The van der Waals surface area contributed by atoms with Crippen molar-refractivity contribution in [1.82, 2.24) is 0 Å². The molecule has 0 saturated heterocycles. The first-order valence-corrected chi connectivity index (χ1v) is 5.14. The van der Waals surface area contributed by atoms with Crippen LogP contribution in [0.3, 0.4) is 0 Å². The van der Waals surface area contributed by atoms with Gasteiger partial charge < -0.3 is 0 Å². The molecule has 0 spiro atoms. The lowest BCUT2D eigenvalue weighted by Crippen LogP contribution is -1.97. The predicted molar refractivity (Wildman–Crippen MR) is 53.1 cm³/mol. The fourth-order valence-corrected chi connectivity index (χ4v) is 1.41. The highest BCUT2D eigenvalue weighted by molar-refractivity contribution is 7.85. The molecule has 13 heavy (non-hydrogen) atoms. The second kappa shape index (κ2) is 4.81. The van der Waals surface area contributed by atoms with Crippen LogP contribution < -0.4 is 0 Å². The third-order valence-corrected chi connectivity index (χ3v) is 2.55. The van der Waals surface area contributed by atoms with Gasteiger partial charge >= 0.3 is 0 Å². The Morgan fingerprint density at radius 3 is 2.00 bits per heavy atom. The third-order valence-electron chi connectivity index (χ3n) is 1.38. The van der Waals surface area contributed by atoms with Gasteiger partial charge in [-0.2, -0.15) is 8.42 Å². The molecule has 74 valence electrons. The highest BCUT2D eigenvalue weighted by atomic mass is 35.5. The van der Waals surface area contributed by atoms with Crippen molar-refractivity contribution in [2.24, 2.45) is 0 Å². The van der Waals surface area contributed by atoms with Crippen LogP contribution >= 0.6 is 24.0 Å². The van der Waals surface area contributed by atoms with Crippen LogP contribution in [0.25, 0.3) is 0 Å². The molecule has 0 atom stereocenters. The smallest absolute Gasteiger partial charge is 0.282 e. The Morgan fingerprint density at radius 2 is 1.69 bits per heavy atom. The summed E-state index contributed by atoms with van der Waals surface area (Å²) in [6, 6.07) is 5.73. The molecule has 0 aliphatic heterocycles. The van der Waals surface area contributed by atoms with E-state index in [0.717, 1.165) is 5.56 Å². The minimum absolute atomic E-state index is 0. The van der Waals surface area contributed by atoms with Crippen LogP contribution in [0.4, 0.5) is 0 Å². The lowest BCUT2D eigenvalue weighted by atomic mass is 10.2. The molecule has 0 bridgehead atoms. The van der Waals surface area contributed by atoms with Crippen LogP contribution in [-0.2, 0) is 16.0 Å². The van der Waals surface area contributed by atoms with E-state index in [-0.39, 0.29) is 17.3 Å². The van der Waals surface area contributed by atoms with Gasteiger partial charge in [-0.1, -0.05) is 12.1 Å². The largest absolute Gasteiger partial charge is 0.294 e. The molecule has 1 aromatic carbocycles. The zero-order chi connectivity index (χ0) is 9.19. The summed E-state index contributed by atoms with van der Waals surface area (Å²) in [6.07, 6.45) is 0. The maximum atomic E-state index is 10.6. The first-order valence-electron chi connectivity index (χ1n) is 3.16. The van der Waals surface area contributed by atoms with Gasteiger partial charge in [-0.05, 0) is 17.7 Å². The predicted octanol–water partition coefficient (Wildman–Crippen LogP) is 2.09. The van der Waals surface area contributed by atoms with E-state index < -0.39 is 10.1 Å². The average molecular weight is 243 g/mol. The lowest BCUT2D eigenvalue weighted by molar-refractivity contribution is 0.483. The zero-order valence-electron chi connectivity index (χ0n) is 6.47. The molecule has 0 heterocycles.